The first-order valence-electron chi connectivity index (χ1n) is 12.1. The highest BCUT2D eigenvalue weighted by Crippen LogP contribution is 2.44. The van der Waals surface area contributed by atoms with Crippen molar-refractivity contribution in [2.45, 2.75) is 83.3 Å². The standard InChI is InChI=1S/C24H30ClF3N4O7S/c1-7-31-12-18(19(25)30-31)40(36,37)32-13(2)17(11-22(3,4)20(33)34)38-16-9-8-14(10-15(16)32)29-21(35)39-23(5,6)24(26,27)28/h8-10,12-13,17H,7,11H2,1-6H3,(H,29,35)(H,33,34)/t13-,17-/m0/s1. The summed E-state index contributed by atoms with van der Waals surface area (Å²) in [6, 6.07) is 2.81. The Morgan fingerprint density at radius 1 is 1.23 bits per heavy atom. The summed E-state index contributed by atoms with van der Waals surface area (Å²) in [6.07, 6.45) is -6.01. The van der Waals surface area contributed by atoms with Crippen LogP contribution in [0.4, 0.5) is 29.3 Å². The minimum absolute atomic E-state index is 0.0291. The van der Waals surface area contributed by atoms with E-state index in [0.717, 1.165) is 4.31 Å². The molecule has 11 nitrogen and oxygen atoms in total. The zero-order valence-corrected chi connectivity index (χ0v) is 24.1. The molecule has 0 unspecified atom stereocenters. The van der Waals surface area contributed by atoms with Gasteiger partial charge in [-0.05, 0) is 59.7 Å². The topological polar surface area (TPSA) is 140 Å². The predicted molar refractivity (Wildman–Crippen MR) is 139 cm³/mol. The van der Waals surface area contributed by atoms with E-state index in [4.69, 9.17) is 16.3 Å². The van der Waals surface area contributed by atoms with Gasteiger partial charge >= 0.3 is 18.2 Å². The number of alkyl halides is 3. The molecule has 16 heteroatoms. The van der Waals surface area contributed by atoms with Crippen LogP contribution in [-0.2, 0) is 26.1 Å². The summed E-state index contributed by atoms with van der Waals surface area (Å²) in [4.78, 5) is 23.8. The molecule has 2 heterocycles. The largest absolute Gasteiger partial charge is 0.486 e. The summed E-state index contributed by atoms with van der Waals surface area (Å²) < 4.78 is 80.3. The number of aliphatic carboxylic acids is 1. The summed E-state index contributed by atoms with van der Waals surface area (Å²) in [7, 11) is -4.45. The number of ether oxygens (including phenoxy) is 2. The van der Waals surface area contributed by atoms with Crippen molar-refractivity contribution in [3.8, 4) is 5.75 Å². The maximum atomic E-state index is 14.0. The molecule has 0 saturated heterocycles. The Morgan fingerprint density at radius 2 is 1.85 bits per heavy atom. The van der Waals surface area contributed by atoms with Gasteiger partial charge in [-0.25, -0.2) is 13.2 Å². The lowest BCUT2D eigenvalue weighted by Gasteiger charge is -2.42. The molecule has 222 valence electrons. The summed E-state index contributed by atoms with van der Waals surface area (Å²) in [5, 5.41) is 15.5. The molecule has 1 aromatic heterocycles. The monoisotopic (exact) mass is 610 g/mol. The molecule has 2 atom stereocenters. The Balaban J connectivity index is 2.08. The van der Waals surface area contributed by atoms with Crippen molar-refractivity contribution in [1.82, 2.24) is 9.78 Å². The lowest BCUT2D eigenvalue weighted by Crippen LogP contribution is -2.52. The number of carbonyl (C=O) groups excluding carboxylic acids is 1. The number of rotatable bonds is 8. The summed E-state index contributed by atoms with van der Waals surface area (Å²) in [6.45, 7) is 7.88. The van der Waals surface area contributed by atoms with E-state index in [0.29, 0.717) is 20.4 Å². The van der Waals surface area contributed by atoms with Crippen molar-refractivity contribution < 1.29 is 45.8 Å². The summed E-state index contributed by atoms with van der Waals surface area (Å²) >= 11 is 6.17. The Morgan fingerprint density at radius 3 is 2.38 bits per heavy atom. The molecule has 0 radical (unpaired) electrons. The van der Waals surface area contributed by atoms with E-state index in [1.807, 2.05) is 0 Å². The van der Waals surface area contributed by atoms with E-state index >= 15 is 0 Å². The predicted octanol–water partition coefficient (Wildman–Crippen LogP) is 5.29. The number of nitrogens with one attached hydrogen (secondary N) is 1. The number of fused-ring (bicyclic) bond motifs is 1. The second kappa shape index (κ2) is 10.7. The number of carboxylic acids is 1. The molecule has 1 aliphatic rings. The Kier molecular flexibility index (Phi) is 8.34. The average molecular weight is 611 g/mol. The maximum Gasteiger partial charge on any atom is 0.427 e. The molecule has 0 bridgehead atoms. The number of aryl methyl sites for hydroxylation is 1. The molecule has 2 aromatic rings. The van der Waals surface area contributed by atoms with Crippen LogP contribution in [0.5, 0.6) is 5.75 Å². The minimum atomic E-state index is -4.84. The smallest absolute Gasteiger partial charge is 0.427 e. The van der Waals surface area contributed by atoms with Gasteiger partial charge in [0.05, 0.1) is 17.1 Å². The molecule has 0 saturated carbocycles. The number of carbonyl (C=O) groups is 2. The van der Waals surface area contributed by atoms with E-state index in [1.54, 1.807) is 6.92 Å². The normalized spacial score (nSPS) is 18.1. The van der Waals surface area contributed by atoms with E-state index in [9.17, 15) is 36.3 Å². The number of amides is 1. The maximum absolute atomic E-state index is 14.0. The van der Waals surface area contributed by atoms with Gasteiger partial charge in [0.2, 0.25) is 5.60 Å². The van der Waals surface area contributed by atoms with Crippen molar-refractivity contribution in [3.05, 3.63) is 29.5 Å². The first-order chi connectivity index (χ1) is 18.2. The Labute approximate surface area is 234 Å². The fourth-order valence-electron chi connectivity index (χ4n) is 3.90. The van der Waals surface area contributed by atoms with Crippen LogP contribution < -0.4 is 14.4 Å². The minimum Gasteiger partial charge on any atom is -0.486 e. The molecule has 0 spiro atoms. The van der Waals surface area contributed by atoms with Gasteiger partial charge in [0.25, 0.3) is 10.0 Å². The number of hydrogen-bond acceptors (Lipinski definition) is 7. The number of benzene rings is 1. The van der Waals surface area contributed by atoms with Gasteiger partial charge in [0, 0.05) is 24.8 Å². The summed E-state index contributed by atoms with van der Waals surface area (Å²) in [5.74, 6) is -1.09. The molecular formula is C24H30ClF3N4O7S. The van der Waals surface area contributed by atoms with Crippen LogP contribution >= 0.6 is 11.6 Å². The number of sulfonamides is 1. The van der Waals surface area contributed by atoms with Crippen LogP contribution in [0.15, 0.2) is 29.3 Å². The number of anilines is 2. The van der Waals surface area contributed by atoms with Gasteiger partial charge in [0.15, 0.2) is 5.15 Å². The summed E-state index contributed by atoms with van der Waals surface area (Å²) in [5.41, 5.74) is -4.23. The lowest BCUT2D eigenvalue weighted by atomic mass is 9.84. The van der Waals surface area contributed by atoms with E-state index in [2.05, 4.69) is 15.2 Å². The van der Waals surface area contributed by atoms with Crippen molar-refractivity contribution in [1.29, 1.82) is 0 Å². The number of hydrogen-bond donors (Lipinski definition) is 2. The van der Waals surface area contributed by atoms with Crippen molar-refractivity contribution in [3.63, 3.8) is 0 Å². The van der Waals surface area contributed by atoms with Gasteiger partial charge in [-0.15, -0.1) is 0 Å². The van der Waals surface area contributed by atoms with E-state index < -0.39 is 51.4 Å². The third-order valence-electron chi connectivity index (χ3n) is 6.50. The van der Waals surface area contributed by atoms with Crippen LogP contribution in [0, 0.1) is 5.41 Å². The second-order valence-electron chi connectivity index (χ2n) is 10.4. The van der Waals surface area contributed by atoms with Gasteiger partial charge < -0.3 is 14.6 Å². The fraction of sp³-hybridized carbons (Fsp3) is 0.542. The number of carboxylic acid groups (broad SMARTS) is 1. The van der Waals surface area contributed by atoms with E-state index in [1.165, 1.54) is 49.8 Å². The highest BCUT2D eigenvalue weighted by molar-refractivity contribution is 7.93. The Bertz CT molecular complexity index is 1410. The van der Waals surface area contributed by atoms with Crippen molar-refractivity contribution >= 4 is 45.1 Å². The zero-order valence-electron chi connectivity index (χ0n) is 22.5. The van der Waals surface area contributed by atoms with Crippen LogP contribution in [0.2, 0.25) is 5.15 Å². The molecule has 1 aromatic carbocycles. The lowest BCUT2D eigenvalue weighted by molar-refractivity contribution is -0.242. The molecule has 3 rings (SSSR count). The van der Waals surface area contributed by atoms with Gasteiger partial charge in [0.1, 0.15) is 16.7 Å². The quantitative estimate of drug-likeness (QED) is 0.411. The number of halogens is 4. The average Bonchev–Trinajstić information content (AvgIpc) is 3.20. The van der Waals surface area contributed by atoms with Crippen LogP contribution in [0.25, 0.3) is 0 Å². The third-order valence-corrected chi connectivity index (χ3v) is 8.79. The highest BCUT2D eigenvalue weighted by atomic mass is 35.5. The molecule has 2 N–H and O–H groups in total. The van der Waals surface area contributed by atoms with Crippen molar-refractivity contribution in [2.75, 3.05) is 9.62 Å². The third kappa shape index (κ3) is 6.09. The SMILES string of the molecule is CCn1cc(S(=O)(=O)N2c3cc(NC(=O)OC(C)(C)C(F)(F)F)ccc3O[C@@H](CC(C)(C)C(=O)O)[C@@H]2C)c(Cl)n1. The molecule has 40 heavy (non-hydrogen) atoms. The Hall–Kier alpha value is -3.20. The molecule has 1 amide bonds. The second-order valence-corrected chi connectivity index (χ2v) is 12.6. The van der Waals surface area contributed by atoms with Gasteiger partial charge in [-0.3, -0.25) is 19.1 Å². The van der Waals surface area contributed by atoms with Gasteiger partial charge in [-0.2, -0.15) is 18.3 Å². The first-order valence-corrected chi connectivity index (χ1v) is 13.9. The van der Waals surface area contributed by atoms with E-state index in [-0.39, 0.29) is 33.6 Å². The molecular weight excluding hydrogens is 581 g/mol. The molecule has 1 aliphatic heterocycles. The number of nitrogens with zero attached hydrogens (tertiary/aromatic N) is 3. The van der Waals surface area contributed by atoms with Crippen LogP contribution in [0.1, 0.15) is 48.0 Å². The highest BCUT2D eigenvalue weighted by Gasteiger charge is 2.51. The fourth-order valence-corrected chi connectivity index (χ4v) is 6.04. The molecule has 0 aliphatic carbocycles. The zero-order chi connectivity index (χ0) is 30.4. The molecule has 0 fully saturated rings. The van der Waals surface area contributed by atoms with Gasteiger partial charge in [-0.1, -0.05) is 11.6 Å². The number of aromatic nitrogens is 2. The van der Waals surface area contributed by atoms with Crippen molar-refractivity contribution in [2.24, 2.45) is 5.41 Å². The van der Waals surface area contributed by atoms with Crippen LogP contribution in [0.3, 0.4) is 0 Å². The first kappa shape index (κ1) is 31.3. The van der Waals surface area contributed by atoms with Crippen LogP contribution in [-0.4, -0.2) is 59.3 Å².